The van der Waals surface area contributed by atoms with Gasteiger partial charge in [-0.3, -0.25) is 9.78 Å². The number of rotatable bonds is 6. The zero-order valence-corrected chi connectivity index (χ0v) is 19.9. The number of hydrogen-bond acceptors (Lipinski definition) is 7. The van der Waals surface area contributed by atoms with Crippen LogP contribution in [-0.4, -0.2) is 66.7 Å². The summed E-state index contributed by atoms with van der Waals surface area (Å²) in [4.78, 5) is 23.7. The first kappa shape index (κ1) is 23.5. The fraction of sp³-hybridized carbons (Fsp3) is 0.320. The second kappa shape index (κ2) is 10.6. The van der Waals surface area contributed by atoms with Gasteiger partial charge in [0.05, 0.1) is 24.1 Å². The van der Waals surface area contributed by atoms with E-state index in [0.29, 0.717) is 65.2 Å². The van der Waals surface area contributed by atoms with E-state index >= 15 is 0 Å². The minimum Gasteiger partial charge on any atom is -0.487 e. The van der Waals surface area contributed by atoms with E-state index in [1.807, 2.05) is 6.07 Å². The average Bonchev–Trinajstić information content (AvgIpc) is 2.89. The molecule has 0 atom stereocenters. The molecule has 1 amide bonds. The maximum absolute atomic E-state index is 14.6. The molecular formula is C25H26ClFN6O2. The van der Waals surface area contributed by atoms with Gasteiger partial charge in [0.2, 0.25) is 5.91 Å². The Bertz CT molecular complexity index is 1230. The third-order valence-electron chi connectivity index (χ3n) is 6.02. The van der Waals surface area contributed by atoms with Gasteiger partial charge in [-0.25, -0.2) is 9.37 Å². The molecule has 0 bridgehead atoms. The molecule has 3 N–H and O–H groups in total. The molecule has 10 heteroatoms. The Hall–Kier alpha value is -3.27. The number of benzene rings is 1. The lowest BCUT2D eigenvalue weighted by Crippen LogP contribution is -2.44. The topological polar surface area (TPSA) is 91.4 Å². The van der Waals surface area contributed by atoms with E-state index in [4.69, 9.17) is 16.3 Å². The number of carbonyl (C=O) groups excluding carboxylic acids is 1. The second-order valence-electron chi connectivity index (χ2n) is 8.48. The molecule has 0 radical (unpaired) electrons. The van der Waals surface area contributed by atoms with E-state index in [0.717, 1.165) is 31.7 Å². The largest absolute Gasteiger partial charge is 0.487 e. The van der Waals surface area contributed by atoms with Crippen LogP contribution in [0.2, 0.25) is 5.02 Å². The highest BCUT2D eigenvalue weighted by Gasteiger charge is 2.21. The van der Waals surface area contributed by atoms with E-state index in [-0.39, 0.29) is 5.91 Å². The molecule has 4 heterocycles. The Balaban J connectivity index is 1.41. The number of carbonyl (C=O) groups is 1. The molecule has 5 rings (SSSR count). The number of anilines is 2. The zero-order valence-electron chi connectivity index (χ0n) is 19.1. The van der Waals surface area contributed by atoms with Crippen molar-refractivity contribution in [1.82, 2.24) is 20.2 Å². The molecule has 0 saturated carbocycles. The summed E-state index contributed by atoms with van der Waals surface area (Å²) in [5.74, 6) is 0.590. The maximum atomic E-state index is 14.6. The highest BCUT2D eigenvalue weighted by molar-refractivity contribution is 6.30. The molecule has 182 valence electrons. The summed E-state index contributed by atoms with van der Waals surface area (Å²) < 4.78 is 20.5. The van der Waals surface area contributed by atoms with Crippen molar-refractivity contribution in [1.29, 1.82) is 0 Å². The van der Waals surface area contributed by atoms with Gasteiger partial charge >= 0.3 is 0 Å². The van der Waals surface area contributed by atoms with Crippen LogP contribution in [0.25, 0.3) is 22.4 Å². The summed E-state index contributed by atoms with van der Waals surface area (Å²) in [7, 11) is 0. The van der Waals surface area contributed by atoms with Gasteiger partial charge in [-0.15, -0.1) is 0 Å². The number of nitrogens with one attached hydrogen (secondary N) is 3. The number of piperazine rings is 1. The Morgan fingerprint density at radius 1 is 1.14 bits per heavy atom. The van der Waals surface area contributed by atoms with E-state index in [2.05, 4.69) is 30.8 Å². The molecule has 2 aromatic heterocycles. The molecule has 0 unspecified atom stereocenters. The molecular weight excluding hydrogens is 471 g/mol. The number of ether oxygens (including phenoxy) is 1. The van der Waals surface area contributed by atoms with Crippen LogP contribution in [-0.2, 0) is 4.79 Å². The highest BCUT2D eigenvalue weighted by Crippen LogP contribution is 2.41. The number of amides is 1. The van der Waals surface area contributed by atoms with Crippen LogP contribution in [0.3, 0.4) is 0 Å². The lowest BCUT2D eigenvalue weighted by Gasteiger charge is -2.26. The first-order valence-corrected chi connectivity index (χ1v) is 12.0. The minimum atomic E-state index is -0.423. The molecule has 1 fully saturated rings. The van der Waals surface area contributed by atoms with Crippen LogP contribution in [0.4, 0.5) is 15.9 Å². The van der Waals surface area contributed by atoms with E-state index in [9.17, 15) is 9.18 Å². The van der Waals surface area contributed by atoms with Crippen LogP contribution in [0, 0.1) is 5.82 Å². The third kappa shape index (κ3) is 5.53. The van der Waals surface area contributed by atoms with Crippen molar-refractivity contribution >= 4 is 29.0 Å². The van der Waals surface area contributed by atoms with Crippen molar-refractivity contribution in [3.05, 3.63) is 53.6 Å². The smallest absolute Gasteiger partial charge is 0.225 e. The summed E-state index contributed by atoms with van der Waals surface area (Å²) in [6.45, 7) is 5.56. The maximum Gasteiger partial charge on any atom is 0.225 e. The summed E-state index contributed by atoms with van der Waals surface area (Å²) in [6, 6.07) is 7.96. The summed E-state index contributed by atoms with van der Waals surface area (Å²) in [5.41, 5.74) is 2.70. The van der Waals surface area contributed by atoms with Crippen molar-refractivity contribution in [3.63, 3.8) is 0 Å². The monoisotopic (exact) mass is 496 g/mol. The first-order chi connectivity index (χ1) is 17.1. The van der Waals surface area contributed by atoms with Gasteiger partial charge in [0, 0.05) is 67.1 Å². The van der Waals surface area contributed by atoms with Gasteiger partial charge in [-0.1, -0.05) is 11.6 Å². The van der Waals surface area contributed by atoms with Crippen molar-refractivity contribution in [2.24, 2.45) is 0 Å². The quantitative estimate of drug-likeness (QED) is 0.480. The standard InChI is InChI=1S/C25H26ClFN6O2/c26-17-1-2-21(27)20(12-17)22-13-19(24-25(32-22)30-6-10-35-24)16-11-18(15-29-14-16)31-23(34)3-7-33-8-4-28-5-9-33/h1-2,11-15,28H,3-10H2,(H,30,32)(H,31,34). The predicted molar refractivity (Wildman–Crippen MR) is 134 cm³/mol. The number of aromatic nitrogens is 2. The number of pyridine rings is 2. The fourth-order valence-electron chi connectivity index (χ4n) is 4.24. The summed E-state index contributed by atoms with van der Waals surface area (Å²) in [5, 5.41) is 9.89. The molecule has 8 nitrogen and oxygen atoms in total. The van der Waals surface area contributed by atoms with Gasteiger partial charge < -0.3 is 25.6 Å². The normalized spacial score (nSPS) is 15.6. The number of nitrogens with zero attached hydrogens (tertiary/aromatic N) is 3. The second-order valence-corrected chi connectivity index (χ2v) is 8.92. The Kier molecular flexibility index (Phi) is 7.08. The minimum absolute atomic E-state index is 0.0705. The van der Waals surface area contributed by atoms with Crippen LogP contribution >= 0.6 is 11.6 Å². The van der Waals surface area contributed by atoms with E-state index in [1.54, 1.807) is 24.5 Å². The average molecular weight is 497 g/mol. The van der Waals surface area contributed by atoms with E-state index < -0.39 is 5.82 Å². The van der Waals surface area contributed by atoms with Crippen LogP contribution in [0.1, 0.15) is 6.42 Å². The zero-order chi connectivity index (χ0) is 24.2. The summed E-state index contributed by atoms with van der Waals surface area (Å²) >= 11 is 6.12. The molecule has 0 spiro atoms. The van der Waals surface area contributed by atoms with Gasteiger partial charge in [0.15, 0.2) is 11.6 Å². The van der Waals surface area contributed by atoms with Crippen LogP contribution < -0.4 is 20.7 Å². The number of halogens is 2. The van der Waals surface area contributed by atoms with Gasteiger partial charge in [-0.05, 0) is 30.3 Å². The molecule has 3 aromatic rings. The molecule has 2 aliphatic heterocycles. The highest BCUT2D eigenvalue weighted by atomic mass is 35.5. The fourth-order valence-corrected chi connectivity index (χ4v) is 4.41. The number of fused-ring (bicyclic) bond motifs is 1. The molecule has 1 saturated heterocycles. The van der Waals surface area contributed by atoms with Crippen LogP contribution in [0.15, 0.2) is 42.7 Å². The molecule has 35 heavy (non-hydrogen) atoms. The first-order valence-electron chi connectivity index (χ1n) is 11.6. The number of hydrogen-bond donors (Lipinski definition) is 3. The predicted octanol–water partition coefficient (Wildman–Crippen LogP) is 3.64. The molecule has 1 aromatic carbocycles. The van der Waals surface area contributed by atoms with Crippen LogP contribution in [0.5, 0.6) is 5.75 Å². The Labute approximate surface area is 207 Å². The van der Waals surface area contributed by atoms with Crippen molar-refractivity contribution in [3.8, 4) is 28.1 Å². The van der Waals surface area contributed by atoms with Gasteiger partial charge in [-0.2, -0.15) is 0 Å². The third-order valence-corrected chi connectivity index (χ3v) is 6.25. The molecule has 0 aliphatic carbocycles. The lowest BCUT2D eigenvalue weighted by molar-refractivity contribution is -0.116. The van der Waals surface area contributed by atoms with Crippen molar-refractivity contribution < 1.29 is 13.9 Å². The van der Waals surface area contributed by atoms with Crippen molar-refractivity contribution in [2.75, 3.05) is 56.5 Å². The summed E-state index contributed by atoms with van der Waals surface area (Å²) in [6.07, 6.45) is 3.69. The Morgan fingerprint density at radius 3 is 2.86 bits per heavy atom. The van der Waals surface area contributed by atoms with Gasteiger partial charge in [0.1, 0.15) is 12.4 Å². The van der Waals surface area contributed by atoms with E-state index in [1.165, 1.54) is 12.1 Å². The lowest BCUT2D eigenvalue weighted by atomic mass is 10.0. The van der Waals surface area contributed by atoms with Crippen molar-refractivity contribution in [2.45, 2.75) is 6.42 Å². The SMILES string of the molecule is O=C(CCN1CCNCC1)Nc1cncc(-c2cc(-c3cc(Cl)ccc3F)nc3c2OCCN3)c1. The molecule has 2 aliphatic rings. The van der Waals surface area contributed by atoms with Gasteiger partial charge in [0.25, 0.3) is 0 Å². The Morgan fingerprint density at radius 2 is 2.00 bits per heavy atom.